The molecule has 3 N–H and O–H groups in total. The van der Waals surface area contributed by atoms with Crippen molar-refractivity contribution in [3.8, 4) is 0 Å². The number of carbonyl (C=O) groups excluding carboxylic acids is 1. The maximum Gasteiger partial charge on any atom is 0.325 e. The second-order valence-corrected chi connectivity index (χ2v) is 4.39. The van der Waals surface area contributed by atoms with Gasteiger partial charge in [-0.1, -0.05) is 0 Å². The molecule has 0 bridgehead atoms. The van der Waals surface area contributed by atoms with Gasteiger partial charge in [-0.05, 0) is 19.3 Å². The summed E-state index contributed by atoms with van der Waals surface area (Å²) in [4.78, 5) is 40.0. The average Bonchev–Trinajstić information content (AvgIpc) is 2.33. The predicted molar refractivity (Wildman–Crippen MR) is 70.0 cm³/mol. The number of amides is 1. The van der Waals surface area contributed by atoms with Gasteiger partial charge in [0.2, 0.25) is 5.91 Å². The fraction of sp³-hybridized carbons (Fsp3) is 0.583. The van der Waals surface area contributed by atoms with E-state index in [-0.39, 0.29) is 18.9 Å². The van der Waals surface area contributed by atoms with Crippen molar-refractivity contribution in [2.45, 2.75) is 25.7 Å². The molecule has 0 atom stereocenters. The Balaban J connectivity index is 2.49. The summed E-state index contributed by atoms with van der Waals surface area (Å²) >= 11 is 0. The maximum absolute atomic E-state index is 11.8. The molecular weight excluding hydrogens is 250 g/mol. The smallest absolute Gasteiger partial charge is 0.325 e. The molecule has 0 unspecified atom stereocenters. The SMILES string of the molecule is CN(CCCCCO)C(=O)Cc1cc(=O)[nH]c(=O)[nH]1. The number of H-pyrrole nitrogens is 2. The summed E-state index contributed by atoms with van der Waals surface area (Å²) in [5.74, 6) is -0.162. The molecule has 1 rings (SSSR count). The van der Waals surface area contributed by atoms with Crippen LogP contribution < -0.4 is 11.2 Å². The summed E-state index contributed by atoms with van der Waals surface area (Å²) in [5, 5.41) is 8.64. The van der Waals surface area contributed by atoms with Crippen LogP contribution in [0.15, 0.2) is 15.7 Å². The Bertz CT molecular complexity index is 492. The minimum absolute atomic E-state index is 0.00431. The molecule has 0 aromatic carbocycles. The molecule has 0 aliphatic heterocycles. The Labute approximate surface area is 110 Å². The van der Waals surface area contributed by atoms with E-state index in [1.165, 1.54) is 6.07 Å². The van der Waals surface area contributed by atoms with Crippen molar-refractivity contribution in [1.29, 1.82) is 0 Å². The number of unbranched alkanes of at least 4 members (excludes halogenated alkanes) is 2. The van der Waals surface area contributed by atoms with Crippen molar-refractivity contribution in [2.24, 2.45) is 0 Å². The first-order valence-electron chi connectivity index (χ1n) is 6.20. The van der Waals surface area contributed by atoms with E-state index < -0.39 is 11.2 Å². The van der Waals surface area contributed by atoms with Crippen LogP contribution in [0.25, 0.3) is 0 Å². The molecular formula is C12H19N3O4. The minimum atomic E-state index is -0.610. The molecule has 1 amide bonds. The molecule has 0 aliphatic carbocycles. The summed E-state index contributed by atoms with van der Waals surface area (Å²) in [7, 11) is 1.67. The maximum atomic E-state index is 11.8. The fourth-order valence-corrected chi connectivity index (χ4v) is 1.67. The van der Waals surface area contributed by atoms with Crippen LogP contribution in [0.1, 0.15) is 25.0 Å². The molecule has 1 aromatic heterocycles. The Morgan fingerprint density at radius 1 is 1.26 bits per heavy atom. The second kappa shape index (κ2) is 7.52. The lowest BCUT2D eigenvalue weighted by Gasteiger charge is -2.16. The highest BCUT2D eigenvalue weighted by atomic mass is 16.3. The van der Waals surface area contributed by atoms with Gasteiger partial charge in [0.05, 0.1) is 6.42 Å². The molecule has 0 saturated carbocycles. The van der Waals surface area contributed by atoms with Crippen molar-refractivity contribution in [3.05, 3.63) is 32.6 Å². The van der Waals surface area contributed by atoms with E-state index in [9.17, 15) is 14.4 Å². The Morgan fingerprint density at radius 3 is 2.63 bits per heavy atom. The van der Waals surface area contributed by atoms with E-state index in [4.69, 9.17) is 5.11 Å². The van der Waals surface area contributed by atoms with Crippen LogP contribution in [0.2, 0.25) is 0 Å². The molecule has 19 heavy (non-hydrogen) atoms. The van der Waals surface area contributed by atoms with Crippen LogP contribution in [-0.2, 0) is 11.2 Å². The van der Waals surface area contributed by atoms with Gasteiger partial charge in [-0.3, -0.25) is 14.6 Å². The zero-order chi connectivity index (χ0) is 14.3. The summed E-state index contributed by atoms with van der Waals surface area (Å²) < 4.78 is 0. The number of rotatable bonds is 7. The largest absolute Gasteiger partial charge is 0.396 e. The number of likely N-dealkylation sites (N-methyl/N-ethyl adjacent to an activating group) is 1. The number of aliphatic hydroxyl groups is 1. The summed E-state index contributed by atoms with van der Waals surface area (Å²) in [5.41, 5.74) is -0.820. The van der Waals surface area contributed by atoms with Crippen LogP contribution in [0.3, 0.4) is 0 Å². The quantitative estimate of drug-likeness (QED) is 0.565. The Hall–Kier alpha value is -1.89. The van der Waals surface area contributed by atoms with Crippen LogP contribution in [0.5, 0.6) is 0 Å². The molecule has 0 spiro atoms. The van der Waals surface area contributed by atoms with Gasteiger partial charge in [0.1, 0.15) is 0 Å². The van der Waals surface area contributed by atoms with Gasteiger partial charge >= 0.3 is 5.69 Å². The van der Waals surface area contributed by atoms with E-state index in [0.29, 0.717) is 12.2 Å². The topological polar surface area (TPSA) is 106 Å². The van der Waals surface area contributed by atoms with Crippen molar-refractivity contribution in [2.75, 3.05) is 20.2 Å². The first kappa shape index (κ1) is 15.2. The zero-order valence-corrected chi connectivity index (χ0v) is 10.9. The molecule has 7 nitrogen and oxygen atoms in total. The molecule has 7 heteroatoms. The van der Waals surface area contributed by atoms with Crippen LogP contribution in [-0.4, -0.2) is 46.1 Å². The van der Waals surface area contributed by atoms with Crippen LogP contribution in [0.4, 0.5) is 0 Å². The first-order valence-corrected chi connectivity index (χ1v) is 6.20. The van der Waals surface area contributed by atoms with E-state index in [1.54, 1.807) is 11.9 Å². The van der Waals surface area contributed by atoms with Gasteiger partial charge in [-0.15, -0.1) is 0 Å². The third-order valence-corrected chi connectivity index (χ3v) is 2.74. The lowest BCUT2D eigenvalue weighted by Crippen LogP contribution is -2.31. The van der Waals surface area contributed by atoms with Gasteiger partial charge in [0.15, 0.2) is 0 Å². The van der Waals surface area contributed by atoms with Crippen molar-refractivity contribution in [1.82, 2.24) is 14.9 Å². The molecule has 1 heterocycles. The zero-order valence-electron chi connectivity index (χ0n) is 10.9. The molecule has 0 fully saturated rings. The number of aromatic nitrogens is 2. The van der Waals surface area contributed by atoms with E-state index in [1.807, 2.05) is 4.98 Å². The number of aliphatic hydroxyl groups excluding tert-OH is 1. The lowest BCUT2D eigenvalue weighted by atomic mass is 10.2. The highest BCUT2D eigenvalue weighted by molar-refractivity contribution is 5.77. The lowest BCUT2D eigenvalue weighted by molar-refractivity contribution is -0.129. The fourth-order valence-electron chi connectivity index (χ4n) is 1.67. The number of carbonyl (C=O) groups is 1. The van der Waals surface area contributed by atoms with Gasteiger partial charge in [0, 0.05) is 32.0 Å². The van der Waals surface area contributed by atoms with Crippen molar-refractivity contribution >= 4 is 5.91 Å². The van der Waals surface area contributed by atoms with E-state index in [0.717, 1.165) is 19.3 Å². The van der Waals surface area contributed by atoms with Gasteiger partial charge in [-0.2, -0.15) is 0 Å². The van der Waals surface area contributed by atoms with Crippen LogP contribution >= 0.6 is 0 Å². The number of aromatic amines is 2. The number of nitrogens with one attached hydrogen (secondary N) is 2. The third-order valence-electron chi connectivity index (χ3n) is 2.74. The molecule has 0 radical (unpaired) electrons. The number of hydrogen-bond donors (Lipinski definition) is 3. The van der Waals surface area contributed by atoms with Crippen molar-refractivity contribution in [3.63, 3.8) is 0 Å². The highest BCUT2D eigenvalue weighted by Gasteiger charge is 2.10. The summed E-state index contributed by atoms with van der Waals surface area (Å²) in [6.07, 6.45) is 2.39. The molecule has 0 aliphatic rings. The second-order valence-electron chi connectivity index (χ2n) is 4.39. The van der Waals surface area contributed by atoms with E-state index in [2.05, 4.69) is 4.98 Å². The first-order chi connectivity index (χ1) is 9.02. The normalized spacial score (nSPS) is 10.4. The van der Waals surface area contributed by atoms with Gasteiger partial charge < -0.3 is 15.0 Å². The minimum Gasteiger partial charge on any atom is -0.396 e. The Kier molecular flexibility index (Phi) is 6.01. The predicted octanol–water partition coefficient (Wildman–Crippen LogP) is -0.773. The van der Waals surface area contributed by atoms with Gasteiger partial charge in [0.25, 0.3) is 5.56 Å². The molecule has 106 valence electrons. The van der Waals surface area contributed by atoms with E-state index >= 15 is 0 Å². The molecule has 1 aromatic rings. The monoisotopic (exact) mass is 269 g/mol. The number of nitrogens with zero attached hydrogens (tertiary/aromatic N) is 1. The third kappa shape index (κ3) is 5.52. The summed E-state index contributed by atoms with van der Waals surface area (Å²) in [6, 6.07) is 1.21. The Morgan fingerprint density at radius 2 is 2.00 bits per heavy atom. The van der Waals surface area contributed by atoms with Crippen molar-refractivity contribution < 1.29 is 9.90 Å². The highest BCUT2D eigenvalue weighted by Crippen LogP contribution is 1.99. The van der Waals surface area contributed by atoms with Gasteiger partial charge in [-0.25, -0.2) is 4.79 Å². The summed E-state index contributed by atoms with van der Waals surface area (Å²) in [6.45, 7) is 0.748. The standard InChI is InChI=1S/C12H19N3O4/c1-15(5-3-2-4-6-16)11(18)8-9-7-10(17)14-12(19)13-9/h7,16H,2-6,8H2,1H3,(H2,13,14,17,19). The average molecular weight is 269 g/mol. The van der Waals surface area contributed by atoms with Crippen LogP contribution in [0, 0.1) is 0 Å². The number of hydrogen-bond acceptors (Lipinski definition) is 4. The molecule has 0 saturated heterocycles.